The second kappa shape index (κ2) is 13.4. The normalized spacial score (nSPS) is 19.9. The third kappa shape index (κ3) is 9.24. The van der Waals surface area contributed by atoms with Crippen LogP contribution in [-0.2, 0) is 14.9 Å². The molecule has 40 heavy (non-hydrogen) atoms. The molecule has 2 heterocycles. The number of carboxylic acids is 1. The van der Waals surface area contributed by atoms with E-state index < -0.39 is 29.1 Å². The van der Waals surface area contributed by atoms with Crippen molar-refractivity contribution in [3.8, 4) is 0 Å². The summed E-state index contributed by atoms with van der Waals surface area (Å²) in [7, 11) is 0. The van der Waals surface area contributed by atoms with E-state index in [1.165, 1.54) is 4.90 Å². The number of anilines is 1. The van der Waals surface area contributed by atoms with E-state index in [-0.39, 0.29) is 36.8 Å². The van der Waals surface area contributed by atoms with Gasteiger partial charge in [-0.1, -0.05) is 41.5 Å². The Morgan fingerprint density at radius 3 is 2.42 bits per heavy atom. The molecule has 2 N–H and O–H groups in total. The number of nitrogens with zero attached hydrogens (tertiary/aromatic N) is 4. The average Bonchev–Trinajstić information content (AvgIpc) is 2.82. The highest BCUT2D eigenvalue weighted by Gasteiger charge is 2.47. The lowest BCUT2D eigenvalue weighted by Gasteiger charge is -2.46. The maximum atomic E-state index is 14.3. The summed E-state index contributed by atoms with van der Waals surface area (Å²) in [6, 6.07) is -0.539. The maximum absolute atomic E-state index is 14.3. The number of aromatic nitrogens is 2. The van der Waals surface area contributed by atoms with E-state index in [2.05, 4.69) is 17.2 Å². The predicted octanol–water partition coefficient (Wildman–Crippen LogP) is 5.14. The first-order chi connectivity index (χ1) is 18.4. The number of piperidine rings is 1. The highest BCUT2D eigenvalue weighted by Crippen LogP contribution is 2.34. The second-order valence-electron chi connectivity index (χ2n) is 13.3. The molecule has 1 fully saturated rings. The van der Waals surface area contributed by atoms with Crippen LogP contribution in [0.25, 0.3) is 0 Å². The molecule has 226 valence electrons. The van der Waals surface area contributed by atoms with Gasteiger partial charge >= 0.3 is 12.1 Å². The molecule has 1 aromatic rings. The highest BCUT2D eigenvalue weighted by molar-refractivity contribution is 7.99. The number of likely N-dealkylation sites (tertiary alicyclic amines) is 1. The predicted molar refractivity (Wildman–Crippen MR) is 160 cm³/mol. The van der Waals surface area contributed by atoms with Crippen LogP contribution in [0, 0.1) is 11.3 Å². The number of rotatable bonds is 10. The Hall–Kier alpha value is -2.56. The Morgan fingerprint density at radius 2 is 1.90 bits per heavy atom. The van der Waals surface area contributed by atoms with Crippen molar-refractivity contribution in [1.29, 1.82) is 0 Å². The molecule has 0 aliphatic carbocycles. The van der Waals surface area contributed by atoms with Gasteiger partial charge in [0.25, 0.3) is 5.91 Å². The molecule has 0 saturated carbocycles. The van der Waals surface area contributed by atoms with E-state index in [1.807, 2.05) is 34.6 Å². The van der Waals surface area contributed by atoms with Gasteiger partial charge in [-0.05, 0) is 45.8 Å². The Morgan fingerprint density at radius 1 is 1.25 bits per heavy atom. The number of thioether (sulfide) groups is 1. The molecular weight excluding hydrogens is 530 g/mol. The Kier molecular flexibility index (Phi) is 11.3. The first kappa shape index (κ1) is 33.6. The molecule has 1 aromatic heterocycles. The number of carbonyl (C=O) groups excluding carboxylic acids is 2. The summed E-state index contributed by atoms with van der Waals surface area (Å²) in [6.07, 6.45) is 1.19. The Bertz CT molecular complexity index is 1050. The molecule has 1 aliphatic rings. The van der Waals surface area contributed by atoms with Gasteiger partial charge in [0.05, 0.1) is 11.5 Å². The fraction of sp³-hybridized carbons (Fsp3) is 0.759. The van der Waals surface area contributed by atoms with E-state index >= 15 is 0 Å². The van der Waals surface area contributed by atoms with Gasteiger partial charge < -0.3 is 25.0 Å². The molecule has 2 amide bonds. The fourth-order valence-corrected chi connectivity index (χ4v) is 5.12. The number of aliphatic carboxylic acids is 1. The van der Waals surface area contributed by atoms with Gasteiger partial charge in [0.2, 0.25) is 0 Å². The zero-order valence-electron chi connectivity index (χ0n) is 26.0. The molecule has 0 spiro atoms. The third-order valence-electron chi connectivity index (χ3n) is 6.52. The maximum Gasteiger partial charge on any atom is 0.410 e. The standard InChI is InChI=1S/C29H49N5O5S/c1-11-40-13-12-30-22-21(15-31-24(32-22)27(4,5)6)23(35)34(16-19(2)3)20-14-29(10,25(36)37)18-33(17-20)26(38)39-28(7,8)9/h15,19-20H,11-14,16-18H2,1-10H3,(H,36,37)(H,30,31,32)/t20-,29+/m0/s1. The van der Waals surface area contributed by atoms with Gasteiger partial charge in [-0.25, -0.2) is 14.8 Å². The molecule has 2 atom stereocenters. The number of hydrogen-bond acceptors (Lipinski definition) is 8. The molecule has 0 unspecified atom stereocenters. The number of amides is 2. The van der Waals surface area contributed by atoms with Gasteiger partial charge in [-0.3, -0.25) is 9.59 Å². The van der Waals surface area contributed by atoms with Crippen LogP contribution >= 0.6 is 11.8 Å². The summed E-state index contributed by atoms with van der Waals surface area (Å²) in [4.78, 5) is 52.2. The van der Waals surface area contributed by atoms with E-state index in [4.69, 9.17) is 9.72 Å². The average molecular weight is 580 g/mol. The summed E-state index contributed by atoms with van der Waals surface area (Å²) in [5.74, 6) is 1.74. The lowest BCUT2D eigenvalue weighted by Crippen LogP contribution is -2.60. The van der Waals surface area contributed by atoms with Crippen molar-refractivity contribution in [3.05, 3.63) is 17.6 Å². The smallest absolute Gasteiger partial charge is 0.410 e. The summed E-state index contributed by atoms with van der Waals surface area (Å²) < 4.78 is 5.59. The van der Waals surface area contributed by atoms with Crippen LogP contribution in [-0.4, -0.2) is 92.2 Å². The molecule has 10 nitrogen and oxygen atoms in total. The first-order valence-electron chi connectivity index (χ1n) is 14.1. The quantitative estimate of drug-likeness (QED) is 0.363. The molecular formula is C29H49N5O5S. The van der Waals surface area contributed by atoms with Crippen LogP contribution in [0.5, 0.6) is 0 Å². The fourth-order valence-electron chi connectivity index (χ4n) is 4.58. The number of nitrogens with one attached hydrogen (secondary N) is 1. The van der Waals surface area contributed by atoms with E-state index in [0.717, 1.165) is 11.5 Å². The first-order valence-corrected chi connectivity index (χ1v) is 15.2. The second-order valence-corrected chi connectivity index (χ2v) is 14.7. The molecule has 0 bridgehead atoms. The topological polar surface area (TPSA) is 125 Å². The van der Waals surface area contributed by atoms with Gasteiger partial charge in [-0.2, -0.15) is 11.8 Å². The zero-order chi connectivity index (χ0) is 30.5. The van der Waals surface area contributed by atoms with Gasteiger partial charge in [0.1, 0.15) is 22.8 Å². The SMILES string of the molecule is CCSCCNc1nc(C(C)(C)C)ncc1C(=O)N(CC(C)C)[C@@H]1CN(C(=O)OC(C)(C)C)C[C@](C)(C(=O)O)C1. The van der Waals surface area contributed by atoms with Crippen molar-refractivity contribution in [2.45, 2.75) is 92.7 Å². The summed E-state index contributed by atoms with van der Waals surface area (Å²) in [5, 5.41) is 13.5. The number of hydrogen-bond donors (Lipinski definition) is 2. The van der Waals surface area contributed by atoms with Crippen molar-refractivity contribution in [1.82, 2.24) is 19.8 Å². The van der Waals surface area contributed by atoms with Gasteiger partial charge in [0.15, 0.2) is 0 Å². The van der Waals surface area contributed by atoms with Crippen LogP contribution in [0.3, 0.4) is 0 Å². The number of carbonyl (C=O) groups is 3. The van der Waals surface area contributed by atoms with Crippen LogP contribution in [0.4, 0.5) is 10.6 Å². The molecule has 0 radical (unpaired) electrons. The summed E-state index contributed by atoms with van der Waals surface area (Å²) in [6.45, 7) is 20.3. The van der Waals surface area contributed by atoms with Crippen LogP contribution in [0.15, 0.2) is 6.20 Å². The number of ether oxygens (including phenoxy) is 1. The van der Waals surface area contributed by atoms with E-state index in [1.54, 1.807) is 50.6 Å². The van der Waals surface area contributed by atoms with Crippen LogP contribution in [0.2, 0.25) is 0 Å². The van der Waals surface area contributed by atoms with Crippen molar-refractivity contribution in [2.24, 2.45) is 11.3 Å². The molecule has 1 aliphatic heterocycles. The monoisotopic (exact) mass is 579 g/mol. The zero-order valence-corrected chi connectivity index (χ0v) is 26.8. The van der Waals surface area contributed by atoms with Crippen LogP contribution < -0.4 is 5.32 Å². The largest absolute Gasteiger partial charge is 0.481 e. The number of carboxylic acid groups (broad SMARTS) is 1. The highest BCUT2D eigenvalue weighted by atomic mass is 32.2. The van der Waals surface area contributed by atoms with Crippen molar-refractivity contribution < 1.29 is 24.2 Å². The third-order valence-corrected chi connectivity index (χ3v) is 7.42. The molecule has 1 saturated heterocycles. The Balaban J connectivity index is 2.53. The minimum absolute atomic E-state index is 0.00273. The molecule has 0 aromatic carbocycles. The van der Waals surface area contributed by atoms with E-state index in [9.17, 15) is 19.5 Å². The lowest BCUT2D eigenvalue weighted by atomic mass is 9.79. The van der Waals surface area contributed by atoms with Crippen molar-refractivity contribution in [3.63, 3.8) is 0 Å². The van der Waals surface area contributed by atoms with Gasteiger partial charge in [-0.15, -0.1) is 0 Å². The van der Waals surface area contributed by atoms with Crippen molar-refractivity contribution in [2.75, 3.05) is 43.0 Å². The lowest BCUT2D eigenvalue weighted by molar-refractivity contribution is -0.152. The van der Waals surface area contributed by atoms with Crippen molar-refractivity contribution >= 4 is 35.5 Å². The summed E-state index contributed by atoms with van der Waals surface area (Å²) in [5.41, 5.74) is -1.96. The minimum Gasteiger partial charge on any atom is -0.481 e. The minimum atomic E-state index is -1.25. The van der Waals surface area contributed by atoms with Gasteiger partial charge in [0, 0.05) is 43.5 Å². The molecule has 11 heteroatoms. The Labute approximate surface area is 244 Å². The van der Waals surface area contributed by atoms with Crippen LogP contribution in [0.1, 0.15) is 91.8 Å². The molecule has 2 rings (SSSR count). The summed E-state index contributed by atoms with van der Waals surface area (Å²) >= 11 is 1.79. The van der Waals surface area contributed by atoms with E-state index in [0.29, 0.717) is 30.3 Å².